The Morgan fingerprint density at radius 1 is 1.29 bits per heavy atom. The van der Waals surface area contributed by atoms with Crippen LogP contribution in [0.25, 0.3) is 0 Å². The summed E-state index contributed by atoms with van der Waals surface area (Å²) in [5.41, 5.74) is 0.784. The Bertz CT molecular complexity index is 350. The summed E-state index contributed by atoms with van der Waals surface area (Å²) in [5.74, 6) is 0.883. The lowest BCUT2D eigenvalue weighted by molar-refractivity contribution is 0.0107. The molecule has 0 heterocycles. The lowest BCUT2D eigenvalue weighted by atomic mass is 10.00. The molecule has 0 saturated carbocycles. The molecule has 0 saturated heterocycles. The second kappa shape index (κ2) is 5.92. The number of rotatable bonds is 6. The van der Waals surface area contributed by atoms with Gasteiger partial charge < -0.3 is 14.8 Å². The lowest BCUT2D eigenvalue weighted by Gasteiger charge is -2.32. The number of nitrogens with one attached hydrogen (secondary N) is 1. The monoisotopic (exact) mass is 237 g/mol. The fourth-order valence-electron chi connectivity index (χ4n) is 1.45. The molecule has 3 nitrogen and oxygen atoms in total. The average molecular weight is 237 g/mol. The first-order chi connectivity index (χ1) is 8.01. The van der Waals surface area contributed by atoms with E-state index in [1.807, 2.05) is 31.2 Å². The molecular formula is C14H23NO2. The molecule has 1 aromatic carbocycles. The average Bonchev–Trinajstić information content (AvgIpc) is 2.32. The maximum atomic E-state index is 5.58. The fourth-order valence-corrected chi connectivity index (χ4v) is 1.45. The predicted molar refractivity (Wildman–Crippen MR) is 71.8 cm³/mol. The molecule has 1 aromatic rings. The Balaban J connectivity index is 2.80. The Kier molecular flexibility index (Phi) is 4.82. The highest BCUT2D eigenvalue weighted by Crippen LogP contribution is 2.27. The normalized spacial score (nSPS) is 13.2. The van der Waals surface area contributed by atoms with E-state index in [0.29, 0.717) is 6.61 Å². The number of hydrogen-bond acceptors (Lipinski definition) is 3. The summed E-state index contributed by atoms with van der Waals surface area (Å²) in [7, 11) is 1.73. The van der Waals surface area contributed by atoms with Crippen molar-refractivity contribution in [3.8, 4) is 5.75 Å². The Labute approximate surface area is 104 Å². The number of hydrogen-bond donors (Lipinski definition) is 1. The summed E-state index contributed by atoms with van der Waals surface area (Å²) in [6.07, 6.45) is 0. The standard InChI is InChI=1S/C14H23NO2/c1-6-17-13-10-8-7-9-12(13)15-11(2)14(3,4)16-5/h7-11,15H,6H2,1-5H3. The third kappa shape index (κ3) is 3.63. The Hall–Kier alpha value is -1.22. The topological polar surface area (TPSA) is 30.5 Å². The lowest BCUT2D eigenvalue weighted by Crippen LogP contribution is -2.41. The van der Waals surface area contributed by atoms with E-state index in [1.54, 1.807) is 7.11 Å². The van der Waals surface area contributed by atoms with E-state index in [0.717, 1.165) is 11.4 Å². The summed E-state index contributed by atoms with van der Waals surface area (Å²) >= 11 is 0. The van der Waals surface area contributed by atoms with Crippen LogP contribution in [0.3, 0.4) is 0 Å². The SMILES string of the molecule is CCOc1ccccc1NC(C)C(C)(C)OC. The zero-order valence-corrected chi connectivity index (χ0v) is 11.4. The van der Waals surface area contributed by atoms with Gasteiger partial charge in [0.05, 0.1) is 23.9 Å². The van der Waals surface area contributed by atoms with Crippen molar-refractivity contribution >= 4 is 5.69 Å². The molecule has 1 rings (SSSR count). The molecule has 17 heavy (non-hydrogen) atoms. The zero-order valence-electron chi connectivity index (χ0n) is 11.4. The fraction of sp³-hybridized carbons (Fsp3) is 0.571. The van der Waals surface area contributed by atoms with Crippen molar-refractivity contribution in [2.24, 2.45) is 0 Å². The third-order valence-corrected chi connectivity index (χ3v) is 3.13. The smallest absolute Gasteiger partial charge is 0.142 e. The van der Waals surface area contributed by atoms with Crippen LogP contribution in [-0.2, 0) is 4.74 Å². The van der Waals surface area contributed by atoms with Gasteiger partial charge in [-0.25, -0.2) is 0 Å². The predicted octanol–water partition coefficient (Wildman–Crippen LogP) is 3.31. The number of para-hydroxylation sites is 2. The van der Waals surface area contributed by atoms with Crippen molar-refractivity contribution in [1.82, 2.24) is 0 Å². The molecule has 0 fully saturated rings. The van der Waals surface area contributed by atoms with Crippen LogP contribution < -0.4 is 10.1 Å². The van der Waals surface area contributed by atoms with E-state index in [4.69, 9.17) is 9.47 Å². The molecule has 0 bridgehead atoms. The highest BCUT2D eigenvalue weighted by Gasteiger charge is 2.25. The van der Waals surface area contributed by atoms with Crippen LogP contribution in [0, 0.1) is 0 Å². The van der Waals surface area contributed by atoms with Crippen molar-refractivity contribution in [1.29, 1.82) is 0 Å². The van der Waals surface area contributed by atoms with Gasteiger partial charge in [-0.3, -0.25) is 0 Å². The first-order valence-corrected chi connectivity index (χ1v) is 6.04. The highest BCUT2D eigenvalue weighted by molar-refractivity contribution is 5.56. The first-order valence-electron chi connectivity index (χ1n) is 6.04. The third-order valence-electron chi connectivity index (χ3n) is 3.13. The summed E-state index contributed by atoms with van der Waals surface area (Å²) < 4.78 is 11.0. The van der Waals surface area contributed by atoms with Gasteiger partial charge in [-0.15, -0.1) is 0 Å². The number of anilines is 1. The Morgan fingerprint density at radius 2 is 1.94 bits per heavy atom. The van der Waals surface area contributed by atoms with Crippen LogP contribution in [0.15, 0.2) is 24.3 Å². The van der Waals surface area contributed by atoms with Gasteiger partial charge in [0.15, 0.2) is 0 Å². The summed E-state index contributed by atoms with van der Waals surface area (Å²) in [6.45, 7) is 8.88. The van der Waals surface area contributed by atoms with E-state index in [2.05, 4.69) is 26.1 Å². The van der Waals surface area contributed by atoms with E-state index in [-0.39, 0.29) is 11.6 Å². The van der Waals surface area contributed by atoms with Crippen molar-refractivity contribution in [2.75, 3.05) is 19.0 Å². The molecule has 3 heteroatoms. The summed E-state index contributed by atoms with van der Waals surface area (Å²) in [6, 6.07) is 8.15. The van der Waals surface area contributed by atoms with Crippen LogP contribution in [0.5, 0.6) is 5.75 Å². The van der Waals surface area contributed by atoms with Gasteiger partial charge in [0.25, 0.3) is 0 Å². The molecule has 0 aliphatic carbocycles. The highest BCUT2D eigenvalue weighted by atomic mass is 16.5. The van der Waals surface area contributed by atoms with Crippen LogP contribution in [-0.4, -0.2) is 25.4 Å². The van der Waals surface area contributed by atoms with Gasteiger partial charge >= 0.3 is 0 Å². The molecule has 0 aromatic heterocycles. The number of benzene rings is 1. The molecule has 0 radical (unpaired) electrons. The van der Waals surface area contributed by atoms with Gasteiger partial charge in [-0.1, -0.05) is 12.1 Å². The maximum absolute atomic E-state index is 5.58. The molecule has 0 spiro atoms. The van der Waals surface area contributed by atoms with Crippen LogP contribution in [0.2, 0.25) is 0 Å². The van der Waals surface area contributed by atoms with Gasteiger partial charge in [-0.05, 0) is 39.8 Å². The van der Waals surface area contributed by atoms with Crippen LogP contribution >= 0.6 is 0 Å². The second-order valence-corrected chi connectivity index (χ2v) is 4.60. The Morgan fingerprint density at radius 3 is 2.53 bits per heavy atom. The minimum Gasteiger partial charge on any atom is -0.492 e. The quantitative estimate of drug-likeness (QED) is 0.823. The molecule has 0 amide bonds. The summed E-state index contributed by atoms with van der Waals surface area (Å²) in [4.78, 5) is 0. The minimum atomic E-state index is -0.223. The minimum absolute atomic E-state index is 0.189. The van der Waals surface area contributed by atoms with E-state index in [1.165, 1.54) is 0 Å². The molecule has 0 aliphatic rings. The summed E-state index contributed by atoms with van der Waals surface area (Å²) in [5, 5.41) is 3.44. The zero-order chi connectivity index (χ0) is 12.9. The van der Waals surface area contributed by atoms with Crippen molar-refractivity contribution in [3.63, 3.8) is 0 Å². The molecule has 96 valence electrons. The second-order valence-electron chi connectivity index (χ2n) is 4.60. The van der Waals surface area contributed by atoms with Crippen LogP contribution in [0.1, 0.15) is 27.7 Å². The van der Waals surface area contributed by atoms with E-state index < -0.39 is 0 Å². The van der Waals surface area contributed by atoms with Crippen molar-refractivity contribution < 1.29 is 9.47 Å². The maximum Gasteiger partial charge on any atom is 0.142 e. The molecule has 1 N–H and O–H groups in total. The van der Waals surface area contributed by atoms with E-state index >= 15 is 0 Å². The molecule has 1 atom stereocenters. The van der Waals surface area contributed by atoms with Crippen LogP contribution in [0.4, 0.5) is 5.69 Å². The molecule has 1 unspecified atom stereocenters. The van der Waals surface area contributed by atoms with Crippen molar-refractivity contribution in [2.45, 2.75) is 39.3 Å². The molecular weight excluding hydrogens is 214 g/mol. The number of methoxy groups -OCH3 is 1. The first kappa shape index (κ1) is 13.8. The molecule has 0 aliphatic heterocycles. The van der Waals surface area contributed by atoms with E-state index in [9.17, 15) is 0 Å². The largest absolute Gasteiger partial charge is 0.492 e. The number of ether oxygens (including phenoxy) is 2. The van der Waals surface area contributed by atoms with Gasteiger partial charge in [0.1, 0.15) is 5.75 Å². The van der Waals surface area contributed by atoms with Gasteiger partial charge in [0, 0.05) is 7.11 Å². The van der Waals surface area contributed by atoms with Gasteiger partial charge in [-0.2, -0.15) is 0 Å². The van der Waals surface area contributed by atoms with Crippen molar-refractivity contribution in [3.05, 3.63) is 24.3 Å². The van der Waals surface area contributed by atoms with Gasteiger partial charge in [0.2, 0.25) is 0 Å².